The highest BCUT2D eigenvalue weighted by molar-refractivity contribution is 6.33. The van der Waals surface area contributed by atoms with Crippen molar-refractivity contribution in [1.29, 1.82) is 0 Å². The zero-order valence-corrected chi connectivity index (χ0v) is 17.0. The van der Waals surface area contributed by atoms with Gasteiger partial charge in [0.15, 0.2) is 11.5 Å². The lowest BCUT2D eigenvalue weighted by Gasteiger charge is -2.13. The van der Waals surface area contributed by atoms with Crippen LogP contribution in [0.1, 0.15) is 16.1 Å². The number of alkyl halides is 3. The van der Waals surface area contributed by atoms with Crippen LogP contribution in [0.25, 0.3) is 16.8 Å². The first-order valence-electron chi connectivity index (χ1n) is 8.84. The number of halogens is 5. The van der Waals surface area contributed by atoms with Crippen molar-refractivity contribution in [2.45, 2.75) is 6.18 Å². The van der Waals surface area contributed by atoms with Gasteiger partial charge in [0.25, 0.3) is 0 Å². The molecule has 0 bridgehead atoms. The van der Waals surface area contributed by atoms with Crippen LogP contribution in [0.5, 0.6) is 0 Å². The zero-order chi connectivity index (χ0) is 23.5. The number of aromatic nitrogens is 1. The lowest BCUT2D eigenvalue weighted by molar-refractivity contribution is -0.0572. The Morgan fingerprint density at radius 1 is 1.22 bits per heavy atom. The molecule has 0 unspecified atom stereocenters. The Bertz CT molecular complexity index is 1220. The van der Waals surface area contributed by atoms with Crippen LogP contribution in [-0.2, 0) is 4.74 Å². The van der Waals surface area contributed by atoms with Crippen LogP contribution in [0.3, 0.4) is 0 Å². The van der Waals surface area contributed by atoms with Gasteiger partial charge in [0.05, 0.1) is 23.4 Å². The van der Waals surface area contributed by atoms with Gasteiger partial charge < -0.3 is 15.0 Å². The maximum atomic E-state index is 13.9. The second-order valence-corrected chi connectivity index (χ2v) is 6.63. The number of carbonyl (C=O) groups excluding carboxylic acids is 1. The van der Waals surface area contributed by atoms with E-state index >= 15 is 0 Å². The van der Waals surface area contributed by atoms with Gasteiger partial charge in [-0.25, -0.2) is 14.2 Å². The molecule has 6 nitrogen and oxygen atoms in total. The van der Waals surface area contributed by atoms with Crippen molar-refractivity contribution in [3.05, 3.63) is 76.9 Å². The number of allylic oxidation sites excluding steroid dienone is 1. The van der Waals surface area contributed by atoms with E-state index in [0.29, 0.717) is 6.20 Å². The molecule has 0 amide bonds. The van der Waals surface area contributed by atoms with Gasteiger partial charge in [-0.05, 0) is 24.3 Å². The number of esters is 1. The molecule has 3 aromatic rings. The van der Waals surface area contributed by atoms with Gasteiger partial charge in [-0.2, -0.15) is 13.2 Å². The third kappa shape index (κ3) is 4.65. The lowest BCUT2D eigenvalue weighted by Crippen LogP contribution is -2.25. The van der Waals surface area contributed by atoms with E-state index in [1.54, 1.807) is 12.1 Å². The number of nitrogens with two attached hydrogens (primary N) is 1. The summed E-state index contributed by atoms with van der Waals surface area (Å²) in [5.74, 6) is -2.47. The lowest BCUT2D eigenvalue weighted by atomic mass is 10.00. The Balaban J connectivity index is 2.26. The summed E-state index contributed by atoms with van der Waals surface area (Å²) >= 11 is 6.15. The number of carbonyl (C=O) groups is 1. The molecular formula is C21H14ClF4N3O3. The fourth-order valence-electron chi connectivity index (χ4n) is 2.82. The molecule has 166 valence electrons. The van der Waals surface area contributed by atoms with Gasteiger partial charge in [-0.1, -0.05) is 41.0 Å². The van der Waals surface area contributed by atoms with Gasteiger partial charge in [0.1, 0.15) is 17.1 Å². The summed E-state index contributed by atoms with van der Waals surface area (Å²) in [4.78, 5) is 16.0. The van der Waals surface area contributed by atoms with Crippen LogP contribution >= 0.6 is 11.6 Å². The standard InChI is InChI=1S/C21H14ClF4N3O3/c1-31-20(30)16-17(13-7-2-3-8-15(13)22)29-32-18(16)14(10-27)19(21(24,25)26)28-12-6-4-5-11(23)9-12/h2-10H,27H2,1H3. The number of hydrogen-bond acceptors (Lipinski definition) is 6. The SMILES string of the molecule is COC(=O)c1c(-c2ccccc2Cl)noc1C(=CN)C(=Nc1cccc(F)c1)C(F)(F)F. The van der Waals surface area contributed by atoms with Crippen molar-refractivity contribution in [3.63, 3.8) is 0 Å². The Hall–Kier alpha value is -3.66. The first-order chi connectivity index (χ1) is 15.2. The number of nitrogens with zero attached hydrogens (tertiary/aromatic N) is 2. The molecule has 11 heteroatoms. The predicted molar refractivity (Wildman–Crippen MR) is 110 cm³/mol. The summed E-state index contributed by atoms with van der Waals surface area (Å²) in [6.07, 6.45) is -4.49. The average Bonchev–Trinajstić information content (AvgIpc) is 3.17. The van der Waals surface area contributed by atoms with Crippen LogP contribution in [0, 0.1) is 5.82 Å². The molecule has 1 aromatic heterocycles. The van der Waals surface area contributed by atoms with Crippen LogP contribution < -0.4 is 5.73 Å². The van der Waals surface area contributed by atoms with Crippen LogP contribution in [0.4, 0.5) is 23.2 Å². The van der Waals surface area contributed by atoms with E-state index in [9.17, 15) is 22.4 Å². The highest BCUT2D eigenvalue weighted by atomic mass is 35.5. The molecule has 0 radical (unpaired) electrons. The van der Waals surface area contributed by atoms with Gasteiger partial charge in [0.2, 0.25) is 0 Å². The molecule has 0 aliphatic carbocycles. The fourth-order valence-corrected chi connectivity index (χ4v) is 3.04. The highest BCUT2D eigenvalue weighted by Gasteiger charge is 2.42. The van der Waals surface area contributed by atoms with Gasteiger partial charge in [-0.15, -0.1) is 0 Å². The molecule has 0 spiro atoms. The molecule has 0 aliphatic rings. The van der Waals surface area contributed by atoms with Crippen LogP contribution in [0.2, 0.25) is 5.02 Å². The van der Waals surface area contributed by atoms with E-state index < -0.39 is 40.6 Å². The first-order valence-corrected chi connectivity index (χ1v) is 9.22. The van der Waals surface area contributed by atoms with Crippen LogP contribution in [-0.4, -0.2) is 30.1 Å². The topological polar surface area (TPSA) is 90.7 Å². The van der Waals surface area contributed by atoms with E-state index in [0.717, 1.165) is 19.2 Å². The van der Waals surface area contributed by atoms with E-state index in [2.05, 4.69) is 10.1 Å². The summed E-state index contributed by atoms with van der Waals surface area (Å²) in [7, 11) is 1.03. The smallest absolute Gasteiger partial charge is 0.434 e. The van der Waals surface area contributed by atoms with Crippen molar-refractivity contribution in [3.8, 4) is 11.3 Å². The Kier molecular flexibility index (Phi) is 6.64. The minimum Gasteiger partial charge on any atom is -0.465 e. The van der Waals surface area contributed by atoms with E-state index in [1.807, 2.05) is 0 Å². The first kappa shape index (κ1) is 23.0. The van der Waals surface area contributed by atoms with Crippen molar-refractivity contribution in [2.75, 3.05) is 7.11 Å². The Morgan fingerprint density at radius 3 is 2.53 bits per heavy atom. The molecule has 0 fully saturated rings. The Morgan fingerprint density at radius 2 is 1.94 bits per heavy atom. The number of aliphatic imine (C=N–C) groups is 1. The Labute approximate surface area is 183 Å². The van der Waals surface area contributed by atoms with Crippen molar-refractivity contribution >= 4 is 34.5 Å². The fraction of sp³-hybridized carbons (Fsp3) is 0.0952. The maximum absolute atomic E-state index is 13.9. The van der Waals surface area contributed by atoms with Crippen LogP contribution in [0.15, 0.2) is 64.2 Å². The molecule has 1 heterocycles. The van der Waals surface area contributed by atoms with E-state index in [4.69, 9.17) is 26.6 Å². The largest absolute Gasteiger partial charge is 0.465 e. The summed E-state index contributed by atoms with van der Waals surface area (Å²) in [5.41, 5.74) is 2.47. The summed E-state index contributed by atoms with van der Waals surface area (Å²) in [5, 5.41) is 3.90. The van der Waals surface area contributed by atoms with E-state index in [1.165, 1.54) is 24.3 Å². The second-order valence-electron chi connectivity index (χ2n) is 6.23. The second kappa shape index (κ2) is 9.23. The van der Waals surface area contributed by atoms with Crippen molar-refractivity contribution in [2.24, 2.45) is 10.7 Å². The van der Waals surface area contributed by atoms with Crippen molar-refractivity contribution in [1.82, 2.24) is 5.16 Å². The maximum Gasteiger partial charge on any atom is 0.434 e. The number of benzene rings is 2. The summed E-state index contributed by atoms with van der Waals surface area (Å²) in [6.45, 7) is 0. The molecule has 0 aliphatic heterocycles. The molecule has 32 heavy (non-hydrogen) atoms. The minimum absolute atomic E-state index is 0.149. The molecule has 0 saturated carbocycles. The van der Waals surface area contributed by atoms with Crippen molar-refractivity contribution < 1.29 is 31.6 Å². The number of methoxy groups -OCH3 is 1. The number of rotatable bonds is 5. The van der Waals surface area contributed by atoms with Gasteiger partial charge in [0, 0.05) is 11.8 Å². The number of hydrogen-bond donors (Lipinski definition) is 1. The highest BCUT2D eigenvalue weighted by Crippen LogP contribution is 2.37. The third-order valence-electron chi connectivity index (χ3n) is 4.19. The summed E-state index contributed by atoms with van der Waals surface area (Å²) < 4.78 is 65.0. The predicted octanol–water partition coefficient (Wildman–Crippen LogP) is 5.56. The van der Waals surface area contributed by atoms with Gasteiger partial charge in [-0.3, -0.25) is 0 Å². The molecule has 0 saturated heterocycles. The monoisotopic (exact) mass is 467 g/mol. The number of ether oxygens (including phenoxy) is 1. The quantitative estimate of drug-likeness (QED) is 0.301. The molecule has 2 aromatic carbocycles. The summed E-state index contributed by atoms with van der Waals surface area (Å²) in [6, 6.07) is 10.4. The molecule has 0 atom stereocenters. The zero-order valence-electron chi connectivity index (χ0n) is 16.3. The minimum atomic E-state index is -5.05. The third-order valence-corrected chi connectivity index (χ3v) is 4.52. The average molecular weight is 468 g/mol. The molecule has 2 N–H and O–H groups in total. The van der Waals surface area contributed by atoms with Gasteiger partial charge >= 0.3 is 12.1 Å². The van der Waals surface area contributed by atoms with E-state index in [-0.39, 0.29) is 22.0 Å². The normalized spacial score (nSPS) is 12.7. The molecular weight excluding hydrogens is 454 g/mol. The molecule has 3 rings (SSSR count).